The molecule has 1 heterocycles. The lowest BCUT2D eigenvalue weighted by Gasteiger charge is -2.36. The highest BCUT2D eigenvalue weighted by Crippen LogP contribution is 2.26. The second-order valence-electron chi connectivity index (χ2n) is 4.61. The molecule has 0 saturated heterocycles. The van der Waals surface area contributed by atoms with Crippen LogP contribution in [0.2, 0.25) is 0 Å². The predicted molar refractivity (Wildman–Crippen MR) is 71.4 cm³/mol. The van der Waals surface area contributed by atoms with Crippen molar-refractivity contribution in [1.29, 1.82) is 0 Å². The van der Waals surface area contributed by atoms with Crippen molar-refractivity contribution < 1.29 is 9.66 Å². The molecule has 1 atom stereocenters. The van der Waals surface area contributed by atoms with Crippen LogP contribution in [0, 0.1) is 10.1 Å². The van der Waals surface area contributed by atoms with Crippen molar-refractivity contribution in [2.45, 2.75) is 12.1 Å². The lowest BCUT2D eigenvalue weighted by Crippen LogP contribution is -2.61. The first-order chi connectivity index (χ1) is 8.86. The first-order valence-electron chi connectivity index (χ1n) is 5.88. The van der Waals surface area contributed by atoms with E-state index < -0.39 is 10.6 Å². The number of hydrogen-bond donors (Lipinski definition) is 3. The summed E-state index contributed by atoms with van der Waals surface area (Å²) in [5.74, 6) is 0.332. The molecule has 1 unspecified atom stereocenters. The molecule has 1 aliphatic rings. The Balaban J connectivity index is 3.15. The van der Waals surface area contributed by atoms with Gasteiger partial charge >= 0.3 is 0 Å². The van der Waals surface area contributed by atoms with Crippen LogP contribution in [0.15, 0.2) is 23.4 Å². The van der Waals surface area contributed by atoms with E-state index in [0.29, 0.717) is 18.8 Å². The molecule has 4 N–H and O–H groups in total. The van der Waals surface area contributed by atoms with E-state index in [4.69, 9.17) is 10.5 Å². The van der Waals surface area contributed by atoms with Crippen LogP contribution in [-0.2, 0) is 4.74 Å². The smallest absolute Gasteiger partial charge is 0.288 e. The number of dihydropyridines is 1. The van der Waals surface area contributed by atoms with Crippen molar-refractivity contribution >= 4 is 0 Å². The minimum absolute atomic E-state index is 0.0184. The zero-order valence-electron chi connectivity index (χ0n) is 11.7. The highest BCUT2D eigenvalue weighted by atomic mass is 16.6. The number of nitrogens with zero attached hydrogens (tertiary/aromatic N) is 2. The zero-order chi connectivity index (χ0) is 14.6. The van der Waals surface area contributed by atoms with Crippen molar-refractivity contribution in [1.82, 2.24) is 15.5 Å². The topological polar surface area (TPSA) is 106 Å². The quantitative estimate of drug-likeness (QED) is 0.437. The lowest BCUT2D eigenvalue weighted by molar-refractivity contribution is -0.438. The molecule has 1 aliphatic heterocycles. The molecule has 0 aliphatic carbocycles. The van der Waals surface area contributed by atoms with Crippen LogP contribution in [-0.4, -0.2) is 50.3 Å². The number of likely N-dealkylation sites (N-methyl/N-ethyl adjacent to an activating group) is 1. The monoisotopic (exact) mass is 271 g/mol. The molecule has 8 heteroatoms. The van der Waals surface area contributed by atoms with Gasteiger partial charge in [-0.05, 0) is 21.1 Å². The normalized spacial score (nSPS) is 23.1. The molecule has 0 fully saturated rings. The third-order valence-electron chi connectivity index (χ3n) is 3.08. The minimum Gasteiger partial charge on any atom is -0.481 e. The Morgan fingerprint density at radius 1 is 1.63 bits per heavy atom. The second-order valence-corrected chi connectivity index (χ2v) is 4.61. The number of nitrogens with one attached hydrogen (secondary N) is 2. The van der Waals surface area contributed by atoms with Gasteiger partial charge in [0.25, 0.3) is 5.70 Å². The van der Waals surface area contributed by atoms with Crippen LogP contribution in [0.1, 0.15) is 6.42 Å². The van der Waals surface area contributed by atoms with Gasteiger partial charge < -0.3 is 20.7 Å². The summed E-state index contributed by atoms with van der Waals surface area (Å²) in [6.45, 7) is 0.663. The summed E-state index contributed by atoms with van der Waals surface area (Å²) < 4.78 is 5.12. The minimum atomic E-state index is -0.998. The van der Waals surface area contributed by atoms with E-state index in [-0.39, 0.29) is 11.4 Å². The van der Waals surface area contributed by atoms with E-state index in [1.165, 1.54) is 13.2 Å². The molecular weight excluding hydrogens is 250 g/mol. The van der Waals surface area contributed by atoms with Gasteiger partial charge in [0.05, 0.1) is 17.7 Å². The third kappa shape index (κ3) is 3.15. The molecule has 8 nitrogen and oxygen atoms in total. The van der Waals surface area contributed by atoms with Crippen LogP contribution in [0.3, 0.4) is 0 Å². The van der Waals surface area contributed by atoms with Gasteiger partial charge in [0.15, 0.2) is 5.66 Å². The summed E-state index contributed by atoms with van der Waals surface area (Å²) in [7, 11) is 6.94. The maximum atomic E-state index is 11.2. The van der Waals surface area contributed by atoms with Gasteiger partial charge in [0, 0.05) is 19.0 Å². The summed E-state index contributed by atoms with van der Waals surface area (Å²) in [4.78, 5) is 12.8. The SMILES string of the molecule is CNC1(CCN(C)C)NC(OC)=C(N)C=C1[N+](=O)[O-]. The molecule has 0 aromatic rings. The fraction of sp³-hybridized carbons (Fsp3) is 0.636. The van der Waals surface area contributed by atoms with Crippen molar-refractivity contribution in [2.75, 3.05) is 34.8 Å². The molecule has 0 amide bonds. The van der Waals surface area contributed by atoms with E-state index in [0.717, 1.165) is 0 Å². The fourth-order valence-electron chi connectivity index (χ4n) is 1.94. The van der Waals surface area contributed by atoms with E-state index in [1.807, 2.05) is 19.0 Å². The average molecular weight is 271 g/mol. The Bertz CT molecular complexity index is 419. The summed E-state index contributed by atoms with van der Waals surface area (Å²) >= 11 is 0. The largest absolute Gasteiger partial charge is 0.481 e. The average Bonchev–Trinajstić information content (AvgIpc) is 2.37. The highest BCUT2D eigenvalue weighted by molar-refractivity contribution is 5.32. The predicted octanol–water partition coefficient (Wildman–Crippen LogP) is -0.608. The Labute approximate surface area is 112 Å². The molecule has 0 saturated carbocycles. The van der Waals surface area contributed by atoms with E-state index >= 15 is 0 Å². The van der Waals surface area contributed by atoms with Gasteiger partial charge in [-0.25, -0.2) is 0 Å². The molecule has 0 spiro atoms. The molecule has 19 heavy (non-hydrogen) atoms. The van der Waals surface area contributed by atoms with Crippen LogP contribution < -0.4 is 16.4 Å². The van der Waals surface area contributed by atoms with Gasteiger partial charge in [-0.15, -0.1) is 0 Å². The molecule has 0 aromatic heterocycles. The fourth-order valence-corrected chi connectivity index (χ4v) is 1.94. The van der Waals surface area contributed by atoms with Crippen molar-refractivity contribution in [3.63, 3.8) is 0 Å². The van der Waals surface area contributed by atoms with Gasteiger partial charge in [-0.1, -0.05) is 0 Å². The van der Waals surface area contributed by atoms with E-state index in [1.54, 1.807) is 7.05 Å². The van der Waals surface area contributed by atoms with Crippen LogP contribution in [0.4, 0.5) is 0 Å². The highest BCUT2D eigenvalue weighted by Gasteiger charge is 2.45. The summed E-state index contributed by atoms with van der Waals surface area (Å²) in [6, 6.07) is 0. The Hall–Kier alpha value is -1.80. The van der Waals surface area contributed by atoms with E-state index in [9.17, 15) is 10.1 Å². The van der Waals surface area contributed by atoms with Gasteiger partial charge in [-0.2, -0.15) is 0 Å². The maximum absolute atomic E-state index is 11.2. The van der Waals surface area contributed by atoms with Crippen LogP contribution in [0.25, 0.3) is 0 Å². The number of allylic oxidation sites excluding steroid dienone is 1. The van der Waals surface area contributed by atoms with Crippen molar-refractivity contribution in [3.05, 3.63) is 33.5 Å². The molecule has 1 rings (SSSR count). The van der Waals surface area contributed by atoms with Gasteiger partial charge in [-0.3, -0.25) is 15.4 Å². The number of hydrogen-bond acceptors (Lipinski definition) is 7. The Morgan fingerprint density at radius 3 is 2.68 bits per heavy atom. The Morgan fingerprint density at radius 2 is 2.26 bits per heavy atom. The van der Waals surface area contributed by atoms with Crippen LogP contribution in [0.5, 0.6) is 0 Å². The van der Waals surface area contributed by atoms with E-state index in [2.05, 4.69) is 10.6 Å². The molecular formula is C11H21N5O3. The zero-order valence-corrected chi connectivity index (χ0v) is 11.7. The summed E-state index contributed by atoms with van der Waals surface area (Å²) in [6.07, 6.45) is 1.82. The third-order valence-corrected chi connectivity index (χ3v) is 3.08. The molecule has 0 aromatic carbocycles. The first kappa shape index (κ1) is 15.3. The summed E-state index contributed by atoms with van der Waals surface area (Å²) in [5.41, 5.74) is 4.92. The number of nitrogens with two attached hydrogens (primary N) is 1. The number of nitro groups is 1. The number of rotatable bonds is 6. The molecule has 108 valence electrons. The molecule has 0 bridgehead atoms. The number of methoxy groups -OCH3 is 1. The summed E-state index contributed by atoms with van der Waals surface area (Å²) in [5, 5.41) is 17.2. The lowest BCUT2D eigenvalue weighted by atomic mass is 9.98. The van der Waals surface area contributed by atoms with Gasteiger partial charge in [0.2, 0.25) is 5.88 Å². The molecule has 0 radical (unpaired) electrons. The standard InChI is InChI=1S/C11H21N5O3/c1-13-11(5-6-15(2)3)9(16(17)18)7-8(12)10(14-11)19-4/h7,13-14H,5-6,12H2,1-4H3. The van der Waals surface area contributed by atoms with Gasteiger partial charge in [0.1, 0.15) is 0 Å². The van der Waals surface area contributed by atoms with Crippen molar-refractivity contribution in [2.24, 2.45) is 5.73 Å². The second kappa shape index (κ2) is 5.89. The maximum Gasteiger partial charge on any atom is 0.288 e. The van der Waals surface area contributed by atoms with Crippen molar-refractivity contribution in [3.8, 4) is 0 Å². The Kier molecular flexibility index (Phi) is 4.73. The van der Waals surface area contributed by atoms with Crippen LogP contribution >= 0.6 is 0 Å². The number of ether oxygens (including phenoxy) is 1. The first-order valence-corrected chi connectivity index (χ1v) is 5.88.